The lowest BCUT2D eigenvalue weighted by Gasteiger charge is -2.31. The van der Waals surface area contributed by atoms with Crippen LogP contribution in [0.15, 0.2) is 47.5 Å². The Balaban J connectivity index is 1.89. The minimum absolute atomic E-state index is 0.0303. The SMILES string of the molecule is CC(=O)c1ccc(N=Cc2c(O)n3c4c(cc(C)cc24)C(C)=CC3(C)C)cc1. The van der Waals surface area contributed by atoms with Crippen molar-refractivity contribution in [2.75, 3.05) is 0 Å². The van der Waals surface area contributed by atoms with Gasteiger partial charge in [-0.15, -0.1) is 0 Å². The van der Waals surface area contributed by atoms with E-state index in [0.717, 1.165) is 27.7 Å². The van der Waals surface area contributed by atoms with Gasteiger partial charge in [0.05, 0.1) is 22.3 Å². The van der Waals surface area contributed by atoms with Crippen molar-refractivity contribution in [1.29, 1.82) is 0 Å². The highest BCUT2D eigenvalue weighted by Crippen LogP contribution is 2.44. The number of rotatable bonds is 3. The number of aryl methyl sites for hydroxylation is 1. The third-order valence-corrected chi connectivity index (χ3v) is 5.41. The van der Waals surface area contributed by atoms with Crippen molar-refractivity contribution in [2.24, 2.45) is 4.99 Å². The number of carbonyl (C=O) groups is 1. The smallest absolute Gasteiger partial charge is 0.201 e. The highest BCUT2D eigenvalue weighted by Gasteiger charge is 2.31. The number of Topliss-reactive ketones (excluding diaryl/α,β-unsaturated/α-hetero) is 1. The highest BCUT2D eigenvalue weighted by molar-refractivity contribution is 6.07. The molecular weight excluding hydrogens is 348 g/mol. The van der Waals surface area contributed by atoms with Gasteiger partial charge in [0.15, 0.2) is 5.78 Å². The summed E-state index contributed by atoms with van der Waals surface area (Å²) >= 11 is 0. The molecule has 0 amide bonds. The molecule has 0 aliphatic carbocycles. The number of nitrogens with zero attached hydrogens (tertiary/aromatic N) is 2. The van der Waals surface area contributed by atoms with E-state index in [2.05, 4.69) is 50.9 Å². The maximum atomic E-state index is 11.4. The van der Waals surface area contributed by atoms with Gasteiger partial charge in [-0.1, -0.05) is 6.08 Å². The predicted molar refractivity (Wildman–Crippen MR) is 115 cm³/mol. The Kier molecular flexibility index (Phi) is 4.03. The van der Waals surface area contributed by atoms with Crippen LogP contribution in [0.3, 0.4) is 0 Å². The average Bonchev–Trinajstić information content (AvgIpc) is 2.90. The summed E-state index contributed by atoms with van der Waals surface area (Å²) in [6.07, 6.45) is 3.91. The van der Waals surface area contributed by atoms with Crippen molar-refractivity contribution in [3.8, 4) is 5.88 Å². The molecule has 1 aliphatic heterocycles. The first kappa shape index (κ1) is 18.2. The van der Waals surface area contributed by atoms with Crippen molar-refractivity contribution in [3.63, 3.8) is 0 Å². The Labute approximate surface area is 164 Å². The van der Waals surface area contributed by atoms with Crippen LogP contribution >= 0.6 is 0 Å². The van der Waals surface area contributed by atoms with Gasteiger partial charge in [-0.05, 0) is 82.2 Å². The van der Waals surface area contributed by atoms with Crippen molar-refractivity contribution < 1.29 is 9.90 Å². The van der Waals surface area contributed by atoms with Crippen LogP contribution in [0.1, 0.15) is 54.7 Å². The Morgan fingerprint density at radius 1 is 1.14 bits per heavy atom. The summed E-state index contributed by atoms with van der Waals surface area (Å²) in [6.45, 7) is 9.93. The maximum absolute atomic E-state index is 11.4. The fourth-order valence-electron chi connectivity index (χ4n) is 4.15. The molecule has 0 saturated heterocycles. The van der Waals surface area contributed by atoms with E-state index in [-0.39, 0.29) is 17.2 Å². The summed E-state index contributed by atoms with van der Waals surface area (Å²) < 4.78 is 1.99. The number of carbonyl (C=O) groups excluding carboxylic acids is 1. The summed E-state index contributed by atoms with van der Waals surface area (Å²) in [5, 5.41) is 12.1. The Morgan fingerprint density at radius 2 is 1.82 bits per heavy atom. The number of aromatic nitrogens is 1. The Hall–Kier alpha value is -3.14. The molecule has 4 heteroatoms. The topological polar surface area (TPSA) is 54.6 Å². The summed E-state index contributed by atoms with van der Waals surface area (Å²) in [5.41, 5.74) is 6.33. The lowest BCUT2D eigenvalue weighted by atomic mass is 9.91. The molecule has 0 radical (unpaired) electrons. The summed E-state index contributed by atoms with van der Waals surface area (Å²) in [7, 11) is 0. The molecule has 28 heavy (non-hydrogen) atoms. The fourth-order valence-corrected chi connectivity index (χ4v) is 4.15. The molecule has 0 saturated carbocycles. The van der Waals surface area contributed by atoms with Crippen LogP contribution in [0, 0.1) is 6.92 Å². The van der Waals surface area contributed by atoms with E-state index in [9.17, 15) is 9.90 Å². The molecule has 1 aliphatic rings. The lowest BCUT2D eigenvalue weighted by Crippen LogP contribution is -2.26. The zero-order valence-corrected chi connectivity index (χ0v) is 16.9. The second kappa shape index (κ2) is 6.20. The normalized spacial score (nSPS) is 15.2. The lowest BCUT2D eigenvalue weighted by molar-refractivity contribution is 0.101. The number of benzene rings is 2. The first-order valence-corrected chi connectivity index (χ1v) is 9.42. The van der Waals surface area contributed by atoms with E-state index in [4.69, 9.17) is 0 Å². The number of aromatic hydroxyl groups is 1. The van der Waals surface area contributed by atoms with Gasteiger partial charge in [0.2, 0.25) is 5.88 Å². The number of hydrogen-bond donors (Lipinski definition) is 1. The van der Waals surface area contributed by atoms with E-state index in [1.165, 1.54) is 5.57 Å². The van der Waals surface area contributed by atoms with Crippen LogP contribution in [0.25, 0.3) is 16.5 Å². The average molecular weight is 372 g/mol. The van der Waals surface area contributed by atoms with Crippen molar-refractivity contribution >= 4 is 34.2 Å². The van der Waals surface area contributed by atoms with E-state index in [1.54, 1.807) is 25.3 Å². The van der Waals surface area contributed by atoms with Crippen molar-refractivity contribution in [2.45, 2.75) is 40.2 Å². The molecule has 0 unspecified atom stereocenters. The molecule has 2 heterocycles. The zero-order chi connectivity index (χ0) is 20.2. The standard InChI is InChI=1S/C24H24N2O2/c1-14-10-19-15(2)12-24(4,5)26-22(19)20(11-14)21(23(26)28)13-25-18-8-6-17(7-9-18)16(3)27/h6-13,28H,1-5H3. The third-order valence-electron chi connectivity index (χ3n) is 5.41. The molecule has 142 valence electrons. The third kappa shape index (κ3) is 2.76. The fraction of sp³-hybridized carbons (Fsp3) is 0.250. The van der Waals surface area contributed by atoms with Gasteiger partial charge >= 0.3 is 0 Å². The number of aliphatic imine (C=N–C) groups is 1. The van der Waals surface area contributed by atoms with Gasteiger partial charge in [-0.25, -0.2) is 0 Å². The van der Waals surface area contributed by atoms with Crippen LogP contribution < -0.4 is 0 Å². The van der Waals surface area contributed by atoms with E-state index in [1.807, 2.05) is 16.7 Å². The molecule has 3 aromatic rings. The predicted octanol–water partition coefficient (Wildman–Crippen LogP) is 5.76. The largest absolute Gasteiger partial charge is 0.494 e. The molecule has 0 atom stereocenters. The molecule has 4 rings (SSSR count). The molecule has 0 bridgehead atoms. The van der Waals surface area contributed by atoms with Crippen LogP contribution in [-0.4, -0.2) is 21.7 Å². The molecule has 2 aromatic carbocycles. The van der Waals surface area contributed by atoms with Gasteiger partial charge in [0.1, 0.15) is 0 Å². The van der Waals surface area contributed by atoms with E-state index in [0.29, 0.717) is 11.1 Å². The van der Waals surface area contributed by atoms with Crippen molar-refractivity contribution in [1.82, 2.24) is 4.57 Å². The molecule has 1 aromatic heterocycles. The molecular formula is C24H24N2O2. The molecule has 0 fully saturated rings. The minimum Gasteiger partial charge on any atom is -0.494 e. The van der Waals surface area contributed by atoms with Crippen LogP contribution in [0.5, 0.6) is 5.88 Å². The Morgan fingerprint density at radius 3 is 2.46 bits per heavy atom. The number of allylic oxidation sites excluding steroid dienone is 2. The van der Waals surface area contributed by atoms with Crippen molar-refractivity contribution in [3.05, 3.63) is 64.7 Å². The van der Waals surface area contributed by atoms with Gasteiger partial charge in [-0.2, -0.15) is 0 Å². The number of hydrogen-bond acceptors (Lipinski definition) is 3. The van der Waals surface area contributed by atoms with E-state index >= 15 is 0 Å². The Bertz CT molecular complexity index is 1180. The van der Waals surface area contributed by atoms with Gasteiger partial charge < -0.3 is 9.67 Å². The first-order valence-electron chi connectivity index (χ1n) is 9.42. The van der Waals surface area contributed by atoms with Crippen LogP contribution in [0.4, 0.5) is 5.69 Å². The summed E-state index contributed by atoms with van der Waals surface area (Å²) in [6, 6.07) is 11.4. The van der Waals surface area contributed by atoms with Gasteiger partial charge in [-0.3, -0.25) is 9.79 Å². The molecule has 0 spiro atoms. The summed E-state index contributed by atoms with van der Waals surface area (Å²) in [4.78, 5) is 16.0. The van der Waals surface area contributed by atoms with Crippen LogP contribution in [0.2, 0.25) is 0 Å². The van der Waals surface area contributed by atoms with Crippen LogP contribution in [-0.2, 0) is 5.54 Å². The molecule has 1 N–H and O–H groups in total. The second-order valence-electron chi connectivity index (χ2n) is 8.12. The molecule has 4 nitrogen and oxygen atoms in total. The summed E-state index contributed by atoms with van der Waals surface area (Å²) in [5.74, 6) is 0.252. The second-order valence-corrected chi connectivity index (χ2v) is 8.12. The number of ketones is 1. The van der Waals surface area contributed by atoms with E-state index < -0.39 is 0 Å². The van der Waals surface area contributed by atoms with Gasteiger partial charge in [0, 0.05) is 22.7 Å². The first-order chi connectivity index (χ1) is 13.2. The highest BCUT2D eigenvalue weighted by atomic mass is 16.3. The zero-order valence-electron chi connectivity index (χ0n) is 16.9. The maximum Gasteiger partial charge on any atom is 0.201 e. The van der Waals surface area contributed by atoms with Gasteiger partial charge in [0.25, 0.3) is 0 Å². The quantitative estimate of drug-likeness (QED) is 0.469. The monoisotopic (exact) mass is 372 g/mol. The minimum atomic E-state index is -0.329.